The smallest absolute Gasteiger partial charge is 0.230 e. The predicted molar refractivity (Wildman–Crippen MR) is 79.5 cm³/mol. The van der Waals surface area contributed by atoms with Gasteiger partial charge in [0.2, 0.25) is 5.91 Å². The van der Waals surface area contributed by atoms with Crippen molar-refractivity contribution in [2.45, 2.75) is 10.3 Å². The Balaban J connectivity index is 1.71. The van der Waals surface area contributed by atoms with Crippen molar-refractivity contribution in [1.29, 1.82) is 0 Å². The number of benzene rings is 1. The molecule has 0 radical (unpaired) electrons. The molecule has 2 N–H and O–H groups in total. The number of hydrogen-bond donors (Lipinski definition) is 2. The molecule has 5 heteroatoms. The Labute approximate surface area is 120 Å². The Kier molecular flexibility index (Phi) is 5.44. The summed E-state index contributed by atoms with van der Waals surface area (Å²) in [5, 5.41) is 14.6. The van der Waals surface area contributed by atoms with Gasteiger partial charge < -0.3 is 10.4 Å². The number of aliphatic hydroxyl groups excluding tert-OH is 1. The van der Waals surface area contributed by atoms with E-state index in [4.69, 9.17) is 0 Å². The summed E-state index contributed by atoms with van der Waals surface area (Å²) in [6.07, 6.45) is -0.656. The van der Waals surface area contributed by atoms with E-state index in [1.54, 1.807) is 11.3 Å². The minimum Gasteiger partial charge on any atom is -0.387 e. The monoisotopic (exact) mass is 293 g/mol. The second-order valence-corrected chi connectivity index (χ2v) is 6.17. The first kappa shape index (κ1) is 14.1. The van der Waals surface area contributed by atoms with E-state index in [1.807, 2.05) is 47.8 Å². The fraction of sp³-hybridized carbons (Fsp3) is 0.214. The lowest BCUT2D eigenvalue weighted by atomic mass is 10.1. The lowest BCUT2D eigenvalue weighted by Gasteiger charge is -2.11. The van der Waals surface area contributed by atoms with Gasteiger partial charge in [0, 0.05) is 6.54 Å². The molecule has 1 aromatic carbocycles. The van der Waals surface area contributed by atoms with E-state index in [0.29, 0.717) is 5.75 Å². The van der Waals surface area contributed by atoms with Crippen LogP contribution in [0.5, 0.6) is 0 Å². The van der Waals surface area contributed by atoms with Gasteiger partial charge in [-0.1, -0.05) is 36.4 Å². The van der Waals surface area contributed by atoms with Crippen molar-refractivity contribution in [2.75, 3.05) is 12.3 Å². The molecule has 0 aliphatic carbocycles. The van der Waals surface area contributed by atoms with Crippen LogP contribution in [-0.2, 0) is 4.79 Å². The van der Waals surface area contributed by atoms with E-state index in [-0.39, 0.29) is 12.5 Å². The standard InChI is InChI=1S/C14H15NO2S2/c16-12(11-5-2-1-3-6-11)9-15-13(17)10-19-14-7-4-8-18-14/h1-8,12,16H,9-10H2,(H,15,17). The number of thioether (sulfide) groups is 1. The number of aliphatic hydroxyl groups is 1. The summed E-state index contributed by atoms with van der Waals surface area (Å²) in [7, 11) is 0. The molecule has 1 unspecified atom stereocenters. The zero-order chi connectivity index (χ0) is 13.5. The van der Waals surface area contributed by atoms with Crippen LogP contribution in [0.2, 0.25) is 0 Å². The van der Waals surface area contributed by atoms with Gasteiger partial charge in [0.05, 0.1) is 16.1 Å². The summed E-state index contributed by atoms with van der Waals surface area (Å²) in [5.41, 5.74) is 0.814. The van der Waals surface area contributed by atoms with Crippen LogP contribution in [0, 0.1) is 0 Å². The zero-order valence-electron chi connectivity index (χ0n) is 10.3. The molecule has 0 aliphatic heterocycles. The Hall–Kier alpha value is -1.30. The van der Waals surface area contributed by atoms with Crippen LogP contribution in [-0.4, -0.2) is 23.3 Å². The third-order valence-corrected chi connectivity index (χ3v) is 4.65. The highest BCUT2D eigenvalue weighted by Gasteiger charge is 2.09. The molecule has 100 valence electrons. The van der Waals surface area contributed by atoms with Crippen LogP contribution in [0.4, 0.5) is 0 Å². The first-order valence-electron chi connectivity index (χ1n) is 5.92. The molecule has 1 heterocycles. The van der Waals surface area contributed by atoms with Gasteiger partial charge >= 0.3 is 0 Å². The second kappa shape index (κ2) is 7.33. The fourth-order valence-electron chi connectivity index (χ4n) is 1.54. The number of amides is 1. The summed E-state index contributed by atoms with van der Waals surface area (Å²) in [4.78, 5) is 11.6. The average Bonchev–Trinajstić information content (AvgIpc) is 2.96. The molecule has 0 bridgehead atoms. The Bertz CT molecular complexity index is 499. The molecule has 0 aliphatic rings. The van der Waals surface area contributed by atoms with Gasteiger partial charge in [-0.3, -0.25) is 4.79 Å². The van der Waals surface area contributed by atoms with E-state index in [9.17, 15) is 9.90 Å². The largest absolute Gasteiger partial charge is 0.387 e. The molecular weight excluding hydrogens is 278 g/mol. The van der Waals surface area contributed by atoms with Crippen molar-refractivity contribution >= 4 is 29.0 Å². The van der Waals surface area contributed by atoms with E-state index < -0.39 is 6.10 Å². The van der Waals surface area contributed by atoms with Gasteiger partial charge in [-0.15, -0.1) is 23.1 Å². The van der Waals surface area contributed by atoms with Crippen LogP contribution in [0.3, 0.4) is 0 Å². The fourth-order valence-corrected chi connectivity index (χ4v) is 3.15. The van der Waals surface area contributed by atoms with Crippen molar-refractivity contribution in [3.05, 3.63) is 53.4 Å². The van der Waals surface area contributed by atoms with Gasteiger partial charge in [-0.2, -0.15) is 0 Å². The molecule has 0 saturated heterocycles. The van der Waals surface area contributed by atoms with Crippen molar-refractivity contribution in [1.82, 2.24) is 5.32 Å². The van der Waals surface area contributed by atoms with Crippen LogP contribution in [0.15, 0.2) is 52.1 Å². The summed E-state index contributed by atoms with van der Waals surface area (Å²) in [5.74, 6) is 0.315. The summed E-state index contributed by atoms with van der Waals surface area (Å²) >= 11 is 3.13. The van der Waals surface area contributed by atoms with Gasteiger partial charge in [-0.25, -0.2) is 0 Å². The lowest BCUT2D eigenvalue weighted by molar-refractivity contribution is -0.119. The molecule has 2 rings (SSSR count). The number of hydrogen-bond acceptors (Lipinski definition) is 4. The highest BCUT2D eigenvalue weighted by atomic mass is 32.2. The normalized spacial score (nSPS) is 12.1. The highest BCUT2D eigenvalue weighted by Crippen LogP contribution is 2.22. The molecule has 0 saturated carbocycles. The molecule has 0 spiro atoms. The van der Waals surface area contributed by atoms with Crippen molar-refractivity contribution in [2.24, 2.45) is 0 Å². The number of carbonyl (C=O) groups excluding carboxylic acids is 1. The van der Waals surface area contributed by atoms with Crippen LogP contribution < -0.4 is 5.32 Å². The van der Waals surface area contributed by atoms with E-state index in [0.717, 1.165) is 9.77 Å². The molecule has 1 atom stereocenters. The first-order chi connectivity index (χ1) is 9.25. The van der Waals surface area contributed by atoms with E-state index >= 15 is 0 Å². The molecule has 1 amide bonds. The van der Waals surface area contributed by atoms with Gasteiger partial charge in [0.1, 0.15) is 0 Å². The minimum atomic E-state index is -0.656. The SMILES string of the molecule is O=C(CSc1cccs1)NCC(O)c1ccccc1. The topological polar surface area (TPSA) is 49.3 Å². The van der Waals surface area contributed by atoms with Crippen LogP contribution in [0.1, 0.15) is 11.7 Å². The van der Waals surface area contributed by atoms with Crippen LogP contribution >= 0.6 is 23.1 Å². The van der Waals surface area contributed by atoms with Crippen LogP contribution in [0.25, 0.3) is 0 Å². The van der Waals surface area contributed by atoms with Gasteiger partial charge in [-0.05, 0) is 17.0 Å². The van der Waals surface area contributed by atoms with Gasteiger partial charge in [0.25, 0.3) is 0 Å². The molecule has 0 fully saturated rings. The summed E-state index contributed by atoms with van der Waals surface area (Å²) in [6, 6.07) is 13.3. The average molecular weight is 293 g/mol. The van der Waals surface area contributed by atoms with E-state index in [1.165, 1.54) is 11.8 Å². The molecular formula is C14H15NO2S2. The number of carbonyl (C=O) groups is 1. The summed E-state index contributed by atoms with van der Waals surface area (Å²) in [6.45, 7) is 0.244. The quantitative estimate of drug-likeness (QED) is 0.805. The second-order valence-electron chi connectivity index (χ2n) is 3.95. The predicted octanol–water partition coefficient (Wildman–Crippen LogP) is 2.69. The number of nitrogens with one attached hydrogen (secondary N) is 1. The molecule has 1 aromatic heterocycles. The maximum Gasteiger partial charge on any atom is 0.230 e. The number of thiophene rings is 1. The van der Waals surface area contributed by atoms with Gasteiger partial charge in [0.15, 0.2) is 0 Å². The molecule has 2 aromatic rings. The van der Waals surface area contributed by atoms with Crippen molar-refractivity contribution < 1.29 is 9.90 Å². The Morgan fingerprint density at radius 1 is 1.26 bits per heavy atom. The first-order valence-corrected chi connectivity index (χ1v) is 7.78. The zero-order valence-corrected chi connectivity index (χ0v) is 11.9. The lowest BCUT2D eigenvalue weighted by Crippen LogP contribution is -2.29. The third-order valence-electron chi connectivity index (χ3n) is 2.52. The van der Waals surface area contributed by atoms with E-state index in [2.05, 4.69) is 5.32 Å². The molecule has 3 nitrogen and oxygen atoms in total. The third kappa shape index (κ3) is 4.70. The summed E-state index contributed by atoms with van der Waals surface area (Å²) < 4.78 is 1.12. The molecule has 19 heavy (non-hydrogen) atoms. The maximum absolute atomic E-state index is 11.6. The highest BCUT2D eigenvalue weighted by molar-refractivity contribution is 8.01. The Morgan fingerprint density at radius 3 is 2.74 bits per heavy atom. The maximum atomic E-state index is 11.6. The number of rotatable bonds is 6. The minimum absolute atomic E-state index is 0.0617. The van der Waals surface area contributed by atoms with Crippen molar-refractivity contribution in [3.63, 3.8) is 0 Å². The van der Waals surface area contributed by atoms with Crippen molar-refractivity contribution in [3.8, 4) is 0 Å². The Morgan fingerprint density at radius 2 is 2.05 bits per heavy atom.